The molecule has 128 valence electrons. The second kappa shape index (κ2) is 6.50. The van der Waals surface area contributed by atoms with Gasteiger partial charge in [0.1, 0.15) is 0 Å². The maximum Gasteiger partial charge on any atom is 0.0939 e. The molecule has 1 atom stereocenters. The quantitative estimate of drug-likeness (QED) is 0.773. The Hall–Kier alpha value is -2.37. The maximum absolute atomic E-state index is 9.56. The van der Waals surface area contributed by atoms with E-state index in [1.807, 2.05) is 48.0 Å². The summed E-state index contributed by atoms with van der Waals surface area (Å²) in [5.41, 5.74) is 5.19. The van der Waals surface area contributed by atoms with E-state index in [2.05, 4.69) is 27.3 Å². The molecule has 2 heterocycles. The van der Waals surface area contributed by atoms with Crippen molar-refractivity contribution in [1.29, 1.82) is 0 Å². The molecule has 3 aromatic rings. The molecule has 6 heteroatoms. The third-order valence-corrected chi connectivity index (χ3v) is 4.90. The second-order valence-corrected chi connectivity index (χ2v) is 6.67. The van der Waals surface area contributed by atoms with Gasteiger partial charge in [0.05, 0.1) is 23.1 Å². The van der Waals surface area contributed by atoms with Gasteiger partial charge in [-0.1, -0.05) is 35.0 Å². The number of hydrogen-bond acceptors (Lipinski definition) is 4. The Morgan fingerprint density at radius 1 is 1.16 bits per heavy atom. The van der Waals surface area contributed by atoms with Crippen molar-refractivity contribution in [3.05, 3.63) is 59.2 Å². The average molecular weight is 355 g/mol. The van der Waals surface area contributed by atoms with Gasteiger partial charge in [-0.2, -0.15) is 0 Å². The van der Waals surface area contributed by atoms with Crippen LogP contribution in [0.2, 0.25) is 5.02 Å². The molecule has 1 unspecified atom stereocenters. The van der Waals surface area contributed by atoms with Gasteiger partial charge in [-0.15, -0.1) is 5.10 Å². The third kappa shape index (κ3) is 2.79. The van der Waals surface area contributed by atoms with Crippen molar-refractivity contribution in [2.24, 2.45) is 0 Å². The summed E-state index contributed by atoms with van der Waals surface area (Å²) in [4.78, 5) is 2.26. The van der Waals surface area contributed by atoms with Crippen molar-refractivity contribution >= 4 is 23.0 Å². The van der Waals surface area contributed by atoms with Gasteiger partial charge < -0.3 is 10.0 Å². The Kier molecular flexibility index (Phi) is 4.19. The van der Waals surface area contributed by atoms with E-state index in [-0.39, 0.29) is 12.6 Å². The highest BCUT2D eigenvalue weighted by Gasteiger charge is 2.29. The summed E-state index contributed by atoms with van der Waals surface area (Å²) in [7, 11) is 0. The first-order chi connectivity index (χ1) is 12.2. The van der Waals surface area contributed by atoms with Crippen LogP contribution in [0.3, 0.4) is 0 Å². The molecular formula is C19H19ClN4O. The highest BCUT2D eigenvalue weighted by Crippen LogP contribution is 2.41. The number of halogens is 1. The second-order valence-electron chi connectivity index (χ2n) is 6.24. The molecule has 0 amide bonds. The van der Waals surface area contributed by atoms with Crippen molar-refractivity contribution < 1.29 is 5.11 Å². The van der Waals surface area contributed by atoms with E-state index >= 15 is 0 Å². The number of rotatable bonds is 3. The lowest BCUT2D eigenvalue weighted by molar-refractivity contribution is 0.253. The Labute approximate surface area is 151 Å². The van der Waals surface area contributed by atoms with E-state index in [1.165, 1.54) is 0 Å². The molecular weight excluding hydrogens is 336 g/mol. The number of nitrogens with zero attached hydrogens (tertiary/aromatic N) is 4. The molecule has 0 fully saturated rings. The van der Waals surface area contributed by atoms with Crippen molar-refractivity contribution in [2.45, 2.75) is 19.4 Å². The molecule has 0 bridgehead atoms. The van der Waals surface area contributed by atoms with Crippen LogP contribution >= 0.6 is 11.6 Å². The Bertz CT molecular complexity index is 891. The monoisotopic (exact) mass is 354 g/mol. The molecule has 0 spiro atoms. The smallest absolute Gasteiger partial charge is 0.0939 e. The van der Waals surface area contributed by atoms with Crippen LogP contribution in [0.4, 0.5) is 11.4 Å². The fourth-order valence-electron chi connectivity index (χ4n) is 3.47. The lowest BCUT2D eigenvalue weighted by Crippen LogP contribution is -2.27. The highest BCUT2D eigenvalue weighted by molar-refractivity contribution is 6.30. The minimum atomic E-state index is 0.0317. The lowest BCUT2D eigenvalue weighted by atomic mass is 10.1. The van der Waals surface area contributed by atoms with Gasteiger partial charge in [0, 0.05) is 29.4 Å². The van der Waals surface area contributed by atoms with Gasteiger partial charge in [0.2, 0.25) is 0 Å². The molecule has 1 aromatic heterocycles. The first-order valence-corrected chi connectivity index (χ1v) is 8.72. The Balaban J connectivity index is 1.91. The number of aryl methyl sites for hydroxylation is 1. The van der Waals surface area contributed by atoms with E-state index in [4.69, 9.17) is 11.6 Å². The topological polar surface area (TPSA) is 54.2 Å². The molecule has 5 nitrogen and oxygen atoms in total. The van der Waals surface area contributed by atoms with Gasteiger partial charge in [0.15, 0.2) is 0 Å². The van der Waals surface area contributed by atoms with Crippen molar-refractivity contribution in [2.75, 3.05) is 18.1 Å². The minimum Gasteiger partial charge on any atom is -0.396 e. The Morgan fingerprint density at radius 3 is 2.68 bits per heavy atom. The zero-order valence-electron chi connectivity index (χ0n) is 13.9. The predicted molar refractivity (Wildman–Crippen MR) is 99.4 cm³/mol. The number of benzene rings is 2. The van der Waals surface area contributed by atoms with Gasteiger partial charge in [-0.25, -0.2) is 4.68 Å². The highest BCUT2D eigenvalue weighted by atomic mass is 35.5. The summed E-state index contributed by atoms with van der Waals surface area (Å²) >= 11 is 6.06. The van der Waals surface area contributed by atoms with E-state index in [1.54, 1.807) is 0 Å². The van der Waals surface area contributed by atoms with E-state index in [9.17, 15) is 5.11 Å². The van der Waals surface area contributed by atoms with E-state index in [0.29, 0.717) is 18.0 Å². The van der Waals surface area contributed by atoms with Crippen molar-refractivity contribution in [1.82, 2.24) is 15.0 Å². The van der Waals surface area contributed by atoms with Crippen LogP contribution in [-0.4, -0.2) is 33.3 Å². The van der Waals surface area contributed by atoms with Crippen molar-refractivity contribution in [3.8, 4) is 11.3 Å². The molecule has 1 N–H and O–H groups in total. The van der Waals surface area contributed by atoms with Crippen LogP contribution in [-0.2, 0) is 0 Å². The molecule has 0 saturated carbocycles. The SMILES string of the molecule is Cc1nnn2c1-c1ccccc1N(c1ccc(Cl)cc1)CC2CCO. The van der Waals surface area contributed by atoms with E-state index < -0.39 is 0 Å². The molecule has 1 aliphatic rings. The van der Waals surface area contributed by atoms with Crippen molar-refractivity contribution in [3.63, 3.8) is 0 Å². The largest absolute Gasteiger partial charge is 0.396 e. The normalized spacial score (nSPS) is 16.3. The maximum atomic E-state index is 9.56. The van der Waals surface area contributed by atoms with Crippen LogP contribution in [0.5, 0.6) is 0 Å². The van der Waals surface area contributed by atoms with Crippen LogP contribution in [0.25, 0.3) is 11.3 Å². The Morgan fingerprint density at radius 2 is 1.92 bits per heavy atom. The molecule has 25 heavy (non-hydrogen) atoms. The number of aliphatic hydroxyl groups excluding tert-OH is 1. The number of para-hydroxylation sites is 1. The molecule has 2 aromatic carbocycles. The zero-order chi connectivity index (χ0) is 17.4. The molecule has 0 aliphatic carbocycles. The number of aliphatic hydroxyl groups is 1. The van der Waals surface area contributed by atoms with E-state index in [0.717, 1.165) is 28.3 Å². The summed E-state index contributed by atoms with van der Waals surface area (Å²) in [6, 6.07) is 16.2. The average Bonchev–Trinajstić information content (AvgIpc) is 2.94. The summed E-state index contributed by atoms with van der Waals surface area (Å²) in [6.07, 6.45) is 0.619. The predicted octanol–water partition coefficient (Wildman–Crippen LogP) is 3.98. The molecule has 1 aliphatic heterocycles. The van der Waals surface area contributed by atoms with Crippen LogP contribution in [0.1, 0.15) is 18.2 Å². The van der Waals surface area contributed by atoms with Crippen LogP contribution in [0.15, 0.2) is 48.5 Å². The first-order valence-electron chi connectivity index (χ1n) is 8.34. The standard InChI is InChI=1S/C19H19ClN4O/c1-13-19-17-4-2-3-5-18(17)23(15-8-6-14(20)7-9-15)12-16(10-11-25)24(19)22-21-13/h2-9,16,25H,10-12H2,1H3. The molecule has 4 rings (SSSR count). The summed E-state index contributed by atoms with van der Waals surface area (Å²) < 4.78 is 1.96. The van der Waals surface area contributed by atoms with Gasteiger partial charge in [0.25, 0.3) is 0 Å². The molecule has 0 radical (unpaired) electrons. The zero-order valence-corrected chi connectivity index (χ0v) is 14.7. The van der Waals surface area contributed by atoms with Gasteiger partial charge >= 0.3 is 0 Å². The molecule has 0 saturated heterocycles. The number of fused-ring (bicyclic) bond motifs is 3. The summed E-state index contributed by atoms with van der Waals surface area (Å²) in [6.45, 7) is 2.78. The summed E-state index contributed by atoms with van der Waals surface area (Å²) in [5.74, 6) is 0. The minimum absolute atomic E-state index is 0.0317. The van der Waals surface area contributed by atoms with Gasteiger partial charge in [-0.05, 0) is 43.7 Å². The van der Waals surface area contributed by atoms with Crippen LogP contribution < -0.4 is 4.90 Å². The number of aromatic nitrogens is 3. The first kappa shape index (κ1) is 16.1. The summed E-state index contributed by atoms with van der Waals surface area (Å²) in [5, 5.41) is 18.9. The van der Waals surface area contributed by atoms with Gasteiger partial charge in [-0.3, -0.25) is 0 Å². The fraction of sp³-hybridized carbons (Fsp3) is 0.263. The van der Waals surface area contributed by atoms with Crippen LogP contribution in [0, 0.1) is 6.92 Å². The lowest BCUT2D eigenvalue weighted by Gasteiger charge is -2.27. The third-order valence-electron chi connectivity index (χ3n) is 4.65. The fourth-order valence-corrected chi connectivity index (χ4v) is 3.60. The number of hydrogen-bond donors (Lipinski definition) is 1. The number of anilines is 2.